The summed E-state index contributed by atoms with van der Waals surface area (Å²) in [5, 5.41) is 0. The van der Waals surface area contributed by atoms with Crippen molar-refractivity contribution in [2.24, 2.45) is 5.73 Å². The van der Waals surface area contributed by atoms with Crippen molar-refractivity contribution >= 4 is 49.0 Å². The van der Waals surface area contributed by atoms with Crippen LogP contribution in [0, 0.1) is 0 Å². The second-order valence-corrected chi connectivity index (χ2v) is 6.81. The molecule has 0 aliphatic carbocycles. The van der Waals surface area contributed by atoms with Crippen molar-refractivity contribution in [1.82, 2.24) is 4.98 Å². The molecule has 1 heterocycles. The smallest absolute Gasteiger partial charge is 0.263 e. The summed E-state index contributed by atoms with van der Waals surface area (Å²) < 4.78 is 27.5. The van der Waals surface area contributed by atoms with E-state index in [4.69, 9.17) is 18.0 Å². The Labute approximate surface area is 130 Å². The Morgan fingerprint density at radius 1 is 1.30 bits per heavy atom. The molecule has 0 fully saturated rings. The van der Waals surface area contributed by atoms with E-state index < -0.39 is 10.0 Å². The van der Waals surface area contributed by atoms with Crippen LogP contribution in [0.4, 0.5) is 5.82 Å². The van der Waals surface area contributed by atoms with Gasteiger partial charge in [0.05, 0.1) is 9.37 Å². The molecule has 104 valence electrons. The van der Waals surface area contributed by atoms with E-state index in [0.29, 0.717) is 10.0 Å². The molecule has 1 aromatic heterocycles. The zero-order valence-corrected chi connectivity index (χ0v) is 13.3. The molecule has 0 saturated carbocycles. The number of sulfonamides is 1. The highest BCUT2D eigenvalue weighted by Crippen LogP contribution is 2.22. The predicted molar refractivity (Wildman–Crippen MR) is 85.1 cm³/mol. The zero-order chi connectivity index (χ0) is 14.8. The maximum Gasteiger partial charge on any atom is 0.263 e. The van der Waals surface area contributed by atoms with Crippen LogP contribution in [-0.4, -0.2) is 18.4 Å². The van der Waals surface area contributed by atoms with Crippen molar-refractivity contribution in [3.05, 3.63) is 52.6 Å². The lowest BCUT2D eigenvalue weighted by Crippen LogP contribution is -2.16. The van der Waals surface area contributed by atoms with Gasteiger partial charge in [-0.25, -0.2) is 13.4 Å². The standard InChI is InChI=1S/C12H10BrN3O2S2/c13-10-5-2-6-15-12(10)16-20(17,18)9-4-1-3-8(7-9)11(14)19/h1-7H,(H2,14,19)(H,15,16). The van der Waals surface area contributed by atoms with E-state index in [-0.39, 0.29) is 15.7 Å². The summed E-state index contributed by atoms with van der Waals surface area (Å²) in [6.07, 6.45) is 1.49. The van der Waals surface area contributed by atoms with Gasteiger partial charge in [-0.3, -0.25) is 4.72 Å². The zero-order valence-electron chi connectivity index (χ0n) is 10.1. The highest BCUT2D eigenvalue weighted by atomic mass is 79.9. The Bertz CT molecular complexity index is 763. The molecule has 5 nitrogen and oxygen atoms in total. The quantitative estimate of drug-likeness (QED) is 0.805. The lowest BCUT2D eigenvalue weighted by molar-refractivity contribution is 0.601. The number of hydrogen-bond acceptors (Lipinski definition) is 4. The summed E-state index contributed by atoms with van der Waals surface area (Å²) in [6.45, 7) is 0. The van der Waals surface area contributed by atoms with Gasteiger partial charge in [-0.2, -0.15) is 0 Å². The van der Waals surface area contributed by atoms with Gasteiger partial charge in [0.2, 0.25) is 0 Å². The summed E-state index contributed by atoms with van der Waals surface area (Å²) in [6, 6.07) is 9.49. The largest absolute Gasteiger partial charge is 0.389 e. The number of nitrogens with two attached hydrogens (primary N) is 1. The van der Waals surface area contributed by atoms with Crippen LogP contribution >= 0.6 is 28.1 Å². The summed E-state index contributed by atoms with van der Waals surface area (Å²) in [5.41, 5.74) is 5.99. The van der Waals surface area contributed by atoms with Crippen LogP contribution in [0.1, 0.15) is 5.56 Å². The first-order chi connectivity index (χ1) is 9.40. The lowest BCUT2D eigenvalue weighted by Gasteiger charge is -2.09. The van der Waals surface area contributed by atoms with Gasteiger partial charge in [0.1, 0.15) is 4.99 Å². The number of nitrogens with one attached hydrogen (secondary N) is 1. The third-order valence-electron chi connectivity index (χ3n) is 2.42. The van der Waals surface area contributed by atoms with Crippen LogP contribution in [0.2, 0.25) is 0 Å². The molecule has 0 radical (unpaired) electrons. The molecule has 0 saturated heterocycles. The first-order valence-corrected chi connectivity index (χ1v) is 8.12. The minimum Gasteiger partial charge on any atom is -0.389 e. The van der Waals surface area contributed by atoms with E-state index in [1.165, 1.54) is 18.3 Å². The number of hydrogen-bond donors (Lipinski definition) is 2. The second-order valence-electron chi connectivity index (χ2n) is 3.83. The fraction of sp³-hybridized carbons (Fsp3) is 0. The molecule has 8 heteroatoms. The molecule has 20 heavy (non-hydrogen) atoms. The number of anilines is 1. The highest BCUT2D eigenvalue weighted by Gasteiger charge is 2.17. The molecule has 0 spiro atoms. The van der Waals surface area contributed by atoms with Crippen molar-refractivity contribution in [2.45, 2.75) is 4.90 Å². The molecule has 0 aliphatic rings. The Morgan fingerprint density at radius 3 is 2.70 bits per heavy atom. The minimum absolute atomic E-state index is 0.0698. The van der Waals surface area contributed by atoms with Crippen LogP contribution in [0.15, 0.2) is 52.0 Å². The molecule has 0 unspecified atom stereocenters. The molecular weight excluding hydrogens is 362 g/mol. The number of halogens is 1. The third kappa shape index (κ3) is 3.33. The van der Waals surface area contributed by atoms with Crippen LogP contribution < -0.4 is 10.5 Å². The minimum atomic E-state index is -3.75. The Kier molecular flexibility index (Phi) is 4.36. The lowest BCUT2D eigenvalue weighted by atomic mass is 10.2. The molecule has 0 atom stereocenters. The van der Waals surface area contributed by atoms with E-state index >= 15 is 0 Å². The molecule has 0 aliphatic heterocycles. The normalized spacial score (nSPS) is 11.1. The topological polar surface area (TPSA) is 85.1 Å². The van der Waals surface area contributed by atoms with E-state index in [0.717, 1.165) is 0 Å². The van der Waals surface area contributed by atoms with Gasteiger partial charge in [0, 0.05) is 11.8 Å². The van der Waals surface area contributed by atoms with E-state index in [9.17, 15) is 8.42 Å². The summed E-state index contributed by atoms with van der Waals surface area (Å²) in [4.78, 5) is 4.17. The third-order valence-corrected chi connectivity index (χ3v) is 4.63. The van der Waals surface area contributed by atoms with Crippen molar-refractivity contribution in [1.29, 1.82) is 0 Å². The second kappa shape index (κ2) is 5.86. The van der Waals surface area contributed by atoms with Crippen molar-refractivity contribution < 1.29 is 8.42 Å². The molecule has 2 aromatic rings. The van der Waals surface area contributed by atoms with Crippen molar-refractivity contribution in [3.63, 3.8) is 0 Å². The molecule has 3 N–H and O–H groups in total. The van der Waals surface area contributed by atoms with Gasteiger partial charge in [0.25, 0.3) is 10.0 Å². The average Bonchev–Trinajstić information content (AvgIpc) is 2.41. The maximum atomic E-state index is 12.3. The number of benzene rings is 1. The Balaban J connectivity index is 2.38. The van der Waals surface area contributed by atoms with Gasteiger partial charge < -0.3 is 5.73 Å². The van der Waals surface area contributed by atoms with Crippen molar-refractivity contribution in [3.8, 4) is 0 Å². The van der Waals surface area contributed by atoms with Crippen LogP contribution in [0.5, 0.6) is 0 Å². The molecular formula is C12H10BrN3O2S2. The van der Waals surface area contributed by atoms with Gasteiger partial charge in [-0.1, -0.05) is 24.4 Å². The number of nitrogens with zero attached hydrogens (tertiary/aromatic N) is 1. The molecule has 0 amide bonds. The van der Waals surface area contributed by atoms with Crippen LogP contribution in [-0.2, 0) is 10.0 Å². The first kappa shape index (κ1) is 14.9. The summed E-state index contributed by atoms with van der Waals surface area (Å²) in [7, 11) is -3.75. The summed E-state index contributed by atoms with van der Waals surface area (Å²) in [5.74, 6) is 0.216. The number of aromatic nitrogens is 1. The van der Waals surface area contributed by atoms with Crippen LogP contribution in [0.3, 0.4) is 0 Å². The van der Waals surface area contributed by atoms with Crippen LogP contribution in [0.25, 0.3) is 0 Å². The molecule has 2 rings (SSSR count). The average molecular weight is 372 g/mol. The fourth-order valence-corrected chi connectivity index (χ4v) is 3.15. The van der Waals surface area contributed by atoms with Gasteiger partial charge >= 0.3 is 0 Å². The molecule has 1 aromatic carbocycles. The van der Waals surface area contributed by atoms with E-state index in [2.05, 4.69) is 25.6 Å². The highest BCUT2D eigenvalue weighted by molar-refractivity contribution is 9.10. The van der Waals surface area contributed by atoms with Gasteiger partial charge in [0.15, 0.2) is 5.82 Å². The Hall–Kier alpha value is -1.51. The number of rotatable bonds is 4. The maximum absolute atomic E-state index is 12.3. The van der Waals surface area contributed by atoms with Gasteiger partial charge in [-0.15, -0.1) is 0 Å². The fourth-order valence-electron chi connectivity index (χ4n) is 1.46. The summed E-state index contributed by atoms with van der Waals surface area (Å²) >= 11 is 8.07. The monoisotopic (exact) mass is 371 g/mol. The van der Waals surface area contributed by atoms with Crippen molar-refractivity contribution in [2.75, 3.05) is 4.72 Å². The number of pyridine rings is 1. The Morgan fingerprint density at radius 2 is 2.05 bits per heavy atom. The number of thiocarbonyl (C=S) groups is 1. The predicted octanol–water partition coefficient (Wildman–Crippen LogP) is 2.28. The van der Waals surface area contributed by atoms with E-state index in [1.54, 1.807) is 24.3 Å². The first-order valence-electron chi connectivity index (χ1n) is 5.43. The van der Waals surface area contributed by atoms with Gasteiger partial charge in [-0.05, 0) is 40.2 Å². The SMILES string of the molecule is NC(=S)c1cccc(S(=O)(=O)Nc2ncccc2Br)c1. The van der Waals surface area contributed by atoms with E-state index in [1.807, 2.05) is 0 Å². The molecule has 0 bridgehead atoms.